The van der Waals surface area contributed by atoms with Gasteiger partial charge in [0, 0.05) is 38.7 Å². The average Bonchev–Trinajstić information content (AvgIpc) is 2.59. The van der Waals surface area contributed by atoms with Crippen molar-refractivity contribution in [3.63, 3.8) is 0 Å². The molecule has 1 aliphatic rings. The van der Waals surface area contributed by atoms with E-state index in [1.807, 2.05) is 45.0 Å². The van der Waals surface area contributed by atoms with E-state index in [1.54, 1.807) is 17.2 Å². The summed E-state index contributed by atoms with van der Waals surface area (Å²) in [5.74, 6) is -0.00779. The van der Waals surface area contributed by atoms with Gasteiger partial charge >= 0.3 is 6.09 Å². The number of nitrogens with zero attached hydrogens (tertiary/aromatic N) is 2. The molecule has 0 fully saturated rings. The van der Waals surface area contributed by atoms with Gasteiger partial charge in [0.1, 0.15) is 5.60 Å². The highest BCUT2D eigenvalue weighted by molar-refractivity contribution is 6.40. The molecular weight excluding hydrogens is 344 g/mol. The highest BCUT2D eigenvalue weighted by Gasteiger charge is 2.23. The smallest absolute Gasteiger partial charge is 0.410 e. The van der Waals surface area contributed by atoms with Crippen molar-refractivity contribution in [3.05, 3.63) is 47.7 Å². The summed E-state index contributed by atoms with van der Waals surface area (Å²) in [5.41, 5.74) is 1.84. The molecule has 0 saturated heterocycles. The van der Waals surface area contributed by atoms with Gasteiger partial charge < -0.3 is 14.7 Å². The van der Waals surface area contributed by atoms with E-state index in [9.17, 15) is 9.59 Å². The average molecular weight is 372 g/mol. The predicted molar refractivity (Wildman–Crippen MR) is 105 cm³/mol. The first kappa shape index (κ1) is 20.8. The van der Waals surface area contributed by atoms with E-state index in [2.05, 4.69) is 4.99 Å². The molecule has 0 aromatic heterocycles. The van der Waals surface area contributed by atoms with Crippen molar-refractivity contribution in [2.75, 3.05) is 13.2 Å². The van der Waals surface area contributed by atoms with Gasteiger partial charge in [0.15, 0.2) is 5.78 Å². The molecule has 0 bridgehead atoms. The molecule has 1 N–H and O–H groups in total. The van der Waals surface area contributed by atoms with Gasteiger partial charge in [-0.25, -0.2) is 4.79 Å². The number of hydrogen-bond donors (Lipinski definition) is 1. The van der Waals surface area contributed by atoms with Crippen LogP contribution in [0.1, 0.15) is 44.7 Å². The minimum Gasteiger partial charge on any atom is -0.444 e. The lowest BCUT2D eigenvalue weighted by Crippen LogP contribution is -2.38. The molecule has 2 rings (SSSR count). The summed E-state index contributed by atoms with van der Waals surface area (Å²) in [6.07, 6.45) is 4.25. The van der Waals surface area contributed by atoms with Crippen molar-refractivity contribution in [3.8, 4) is 0 Å². The lowest BCUT2D eigenvalue weighted by Gasteiger charge is -2.28. The van der Waals surface area contributed by atoms with Crippen LogP contribution in [0.4, 0.5) is 4.79 Å². The first-order valence-corrected chi connectivity index (χ1v) is 9.20. The minimum absolute atomic E-state index is 0.00779. The van der Waals surface area contributed by atoms with E-state index in [4.69, 9.17) is 9.84 Å². The Labute approximate surface area is 160 Å². The Morgan fingerprint density at radius 2 is 2.00 bits per heavy atom. The maximum Gasteiger partial charge on any atom is 0.410 e. The molecule has 1 aromatic carbocycles. The summed E-state index contributed by atoms with van der Waals surface area (Å²) in [5, 5.41) is 9.13. The molecule has 0 atom stereocenters. The standard InChI is InChI=1S/C21H28N2O4/c1-21(2,3)27-20(26)23(12-9-18-19(25)8-5-11-22-18)15-17-7-4-6-16(14-17)10-13-24/h4-7,11,14,24H,8-10,12-13,15H2,1-3H3. The molecule has 27 heavy (non-hydrogen) atoms. The number of amides is 1. The monoisotopic (exact) mass is 372 g/mol. The fourth-order valence-corrected chi connectivity index (χ4v) is 2.73. The Morgan fingerprint density at radius 3 is 2.67 bits per heavy atom. The molecule has 1 amide bonds. The topological polar surface area (TPSA) is 79.2 Å². The van der Waals surface area contributed by atoms with Gasteiger partial charge in [-0.3, -0.25) is 9.79 Å². The van der Waals surface area contributed by atoms with Crippen LogP contribution in [0.15, 0.2) is 41.5 Å². The Kier molecular flexibility index (Phi) is 7.30. The normalized spacial score (nSPS) is 14.1. The first-order chi connectivity index (χ1) is 12.8. The van der Waals surface area contributed by atoms with E-state index in [1.165, 1.54) is 0 Å². The molecule has 0 radical (unpaired) electrons. The Balaban J connectivity index is 2.12. The number of ether oxygens (including phenoxy) is 1. The van der Waals surface area contributed by atoms with Crippen molar-refractivity contribution >= 4 is 17.6 Å². The van der Waals surface area contributed by atoms with Gasteiger partial charge in [0.05, 0.1) is 5.71 Å². The van der Waals surface area contributed by atoms with E-state index in [-0.39, 0.29) is 12.4 Å². The summed E-state index contributed by atoms with van der Waals surface area (Å²) >= 11 is 0. The van der Waals surface area contributed by atoms with E-state index >= 15 is 0 Å². The van der Waals surface area contributed by atoms with Crippen molar-refractivity contribution in [1.29, 1.82) is 0 Å². The van der Waals surface area contributed by atoms with Gasteiger partial charge in [-0.15, -0.1) is 0 Å². The number of allylic oxidation sites excluding steroid dienone is 1. The van der Waals surface area contributed by atoms with Gasteiger partial charge in [-0.2, -0.15) is 0 Å². The quantitative estimate of drug-likeness (QED) is 0.797. The maximum absolute atomic E-state index is 12.7. The van der Waals surface area contributed by atoms with E-state index < -0.39 is 11.7 Å². The van der Waals surface area contributed by atoms with Crippen LogP contribution in [0.3, 0.4) is 0 Å². The third-order valence-corrected chi connectivity index (χ3v) is 4.00. The Morgan fingerprint density at radius 1 is 1.26 bits per heavy atom. The van der Waals surface area contributed by atoms with Crippen LogP contribution < -0.4 is 0 Å². The number of aliphatic hydroxyl groups is 1. The van der Waals surface area contributed by atoms with Crippen LogP contribution in [0.5, 0.6) is 0 Å². The van der Waals surface area contributed by atoms with Crippen LogP contribution in [-0.4, -0.2) is 46.3 Å². The predicted octanol–water partition coefficient (Wildman–Crippen LogP) is 3.28. The molecule has 6 nitrogen and oxygen atoms in total. The number of rotatable bonds is 7. The first-order valence-electron chi connectivity index (χ1n) is 9.20. The number of hydrogen-bond acceptors (Lipinski definition) is 5. The van der Waals surface area contributed by atoms with Crippen LogP contribution >= 0.6 is 0 Å². The van der Waals surface area contributed by atoms with Crippen LogP contribution in [-0.2, 0) is 22.5 Å². The summed E-state index contributed by atoms with van der Waals surface area (Å²) in [6.45, 7) is 6.26. The fourth-order valence-electron chi connectivity index (χ4n) is 2.73. The van der Waals surface area contributed by atoms with Crippen molar-refractivity contribution in [1.82, 2.24) is 4.90 Å². The Hall–Kier alpha value is -2.47. The number of carbonyl (C=O) groups excluding carboxylic acids is 2. The lowest BCUT2D eigenvalue weighted by molar-refractivity contribution is -0.112. The molecule has 1 aliphatic heterocycles. The fraction of sp³-hybridized carbons (Fsp3) is 0.476. The second kappa shape index (κ2) is 9.46. The van der Waals surface area contributed by atoms with Crippen molar-refractivity contribution in [2.45, 2.75) is 52.2 Å². The third kappa shape index (κ3) is 6.98. The molecule has 1 aromatic rings. The number of Topliss-reactive ketones (excluding diaryl/α,β-unsaturated/α-hetero) is 1. The van der Waals surface area contributed by atoms with Gasteiger partial charge in [0.25, 0.3) is 0 Å². The summed E-state index contributed by atoms with van der Waals surface area (Å²) in [6, 6.07) is 7.76. The second-order valence-electron chi connectivity index (χ2n) is 7.53. The number of aliphatic hydroxyl groups excluding tert-OH is 1. The van der Waals surface area contributed by atoms with Gasteiger partial charge in [0.2, 0.25) is 0 Å². The minimum atomic E-state index is -0.602. The molecule has 6 heteroatoms. The molecular formula is C21H28N2O4. The van der Waals surface area contributed by atoms with Gasteiger partial charge in [-0.05, 0) is 38.3 Å². The van der Waals surface area contributed by atoms with Crippen LogP contribution in [0, 0.1) is 0 Å². The summed E-state index contributed by atoms with van der Waals surface area (Å²) in [4.78, 5) is 30.3. The molecule has 0 saturated carbocycles. The van der Waals surface area contributed by atoms with Crippen LogP contribution in [0.25, 0.3) is 0 Å². The lowest BCUT2D eigenvalue weighted by atomic mass is 10.1. The van der Waals surface area contributed by atoms with Crippen molar-refractivity contribution in [2.24, 2.45) is 4.99 Å². The number of aliphatic imine (C=N–C) groups is 1. The molecule has 0 spiro atoms. The largest absolute Gasteiger partial charge is 0.444 e. The number of benzene rings is 1. The summed E-state index contributed by atoms with van der Waals surface area (Å²) in [7, 11) is 0. The zero-order valence-electron chi connectivity index (χ0n) is 16.3. The molecule has 146 valence electrons. The zero-order chi connectivity index (χ0) is 19.9. The Bertz CT molecular complexity index is 732. The highest BCUT2D eigenvalue weighted by atomic mass is 16.6. The summed E-state index contributed by atoms with van der Waals surface area (Å²) < 4.78 is 5.52. The zero-order valence-corrected chi connectivity index (χ0v) is 16.3. The maximum atomic E-state index is 12.7. The van der Waals surface area contributed by atoms with Crippen molar-refractivity contribution < 1.29 is 19.4 Å². The molecule has 1 heterocycles. The molecule has 0 unspecified atom stereocenters. The van der Waals surface area contributed by atoms with Crippen LogP contribution in [0.2, 0.25) is 0 Å². The second-order valence-corrected chi connectivity index (χ2v) is 7.53. The van der Waals surface area contributed by atoms with E-state index in [0.717, 1.165) is 11.1 Å². The highest BCUT2D eigenvalue weighted by Crippen LogP contribution is 2.15. The number of carbonyl (C=O) groups is 2. The van der Waals surface area contributed by atoms with E-state index in [0.29, 0.717) is 38.1 Å². The SMILES string of the molecule is CC(C)(C)OC(=O)N(CCC1=NC=CCC1=O)Cc1cccc(CCO)c1. The number of ketones is 1. The molecule has 0 aliphatic carbocycles. The third-order valence-electron chi connectivity index (χ3n) is 4.00. The van der Waals surface area contributed by atoms with Gasteiger partial charge in [-0.1, -0.05) is 30.3 Å².